The van der Waals surface area contributed by atoms with E-state index in [9.17, 15) is 19.2 Å². The van der Waals surface area contributed by atoms with Gasteiger partial charge in [-0.2, -0.15) is 0 Å². The Morgan fingerprint density at radius 3 is 1.14 bits per heavy atom. The number of carbonyl (C=O) groups excluding carboxylic acids is 4. The van der Waals surface area contributed by atoms with Crippen molar-refractivity contribution in [1.82, 2.24) is 0 Å². The Hall–Kier alpha value is -3.50. The first-order chi connectivity index (χ1) is 16.7. The topological polar surface area (TPSA) is 121 Å². The number of esters is 4. The van der Waals surface area contributed by atoms with E-state index in [1.165, 1.54) is 16.9 Å². The highest BCUT2D eigenvalue weighted by Gasteiger charge is 2.27. The molecule has 0 atom stereocenters. The molecule has 0 heterocycles. The van der Waals surface area contributed by atoms with E-state index < -0.39 is 23.9 Å². The van der Waals surface area contributed by atoms with Gasteiger partial charge in [0.2, 0.25) is 0 Å². The number of carbonyl (C=O) groups is 4. The molecule has 1 rings (SSSR count). The van der Waals surface area contributed by atoms with Crippen LogP contribution in [0.25, 0.3) is 0 Å². The van der Waals surface area contributed by atoms with Gasteiger partial charge in [0, 0.05) is 0 Å². The SMILES string of the molecule is CCOC(=O)CN(CC(=O)OCC)c1cc(C)cc(N(CC(=O)OCC)CC(=O)OCC)c1OC. The van der Waals surface area contributed by atoms with Gasteiger partial charge in [0.1, 0.15) is 26.2 Å². The largest absolute Gasteiger partial charge is 0.492 e. The fourth-order valence-electron chi connectivity index (χ4n) is 3.32. The van der Waals surface area contributed by atoms with E-state index in [4.69, 9.17) is 23.7 Å². The van der Waals surface area contributed by atoms with Gasteiger partial charge in [-0.1, -0.05) is 0 Å². The normalized spacial score (nSPS) is 10.2. The standard InChI is InChI=1S/C24H36N2O9/c1-7-32-20(27)13-25(14-21(28)33-8-2)18-11-17(5)12-19(24(18)31-6)26(15-22(29)34-9-3)16-23(30)35-10-4/h11-12H,7-10,13-16H2,1-6H3. The van der Waals surface area contributed by atoms with Crippen LogP contribution in [-0.4, -0.2) is 83.6 Å². The summed E-state index contributed by atoms with van der Waals surface area (Å²) in [6, 6.07) is 3.46. The van der Waals surface area contributed by atoms with Gasteiger partial charge in [-0.25, -0.2) is 0 Å². The quantitative estimate of drug-likeness (QED) is 0.261. The predicted molar refractivity (Wildman–Crippen MR) is 129 cm³/mol. The molecule has 0 fully saturated rings. The fourth-order valence-corrected chi connectivity index (χ4v) is 3.32. The van der Waals surface area contributed by atoms with Gasteiger partial charge in [0.25, 0.3) is 0 Å². The first-order valence-electron chi connectivity index (χ1n) is 11.5. The summed E-state index contributed by atoms with van der Waals surface area (Å²) in [6.07, 6.45) is 0. The zero-order valence-electron chi connectivity index (χ0n) is 21.4. The molecule has 0 aliphatic rings. The molecule has 0 aliphatic carbocycles. The summed E-state index contributed by atoms with van der Waals surface area (Å²) >= 11 is 0. The molecule has 35 heavy (non-hydrogen) atoms. The highest BCUT2D eigenvalue weighted by Crippen LogP contribution is 2.39. The Bertz CT molecular complexity index is 768. The van der Waals surface area contributed by atoms with Crippen LogP contribution in [0.5, 0.6) is 5.75 Å². The molecule has 1 aromatic carbocycles. The Labute approximate surface area is 206 Å². The molecule has 0 saturated carbocycles. The van der Waals surface area contributed by atoms with E-state index in [1.54, 1.807) is 46.8 Å². The van der Waals surface area contributed by atoms with Crippen molar-refractivity contribution in [3.63, 3.8) is 0 Å². The van der Waals surface area contributed by atoms with Crippen LogP contribution < -0.4 is 14.5 Å². The van der Waals surface area contributed by atoms with Gasteiger partial charge in [-0.05, 0) is 52.3 Å². The van der Waals surface area contributed by atoms with Crippen molar-refractivity contribution < 1.29 is 42.9 Å². The Morgan fingerprint density at radius 2 is 0.914 bits per heavy atom. The summed E-state index contributed by atoms with van der Waals surface area (Å²) < 4.78 is 25.9. The van der Waals surface area contributed by atoms with Crippen molar-refractivity contribution >= 4 is 35.3 Å². The van der Waals surface area contributed by atoms with Crippen LogP contribution in [0.4, 0.5) is 11.4 Å². The van der Waals surface area contributed by atoms with Gasteiger partial charge in [0.05, 0.1) is 44.9 Å². The molecule has 0 bridgehead atoms. The minimum Gasteiger partial charge on any atom is -0.492 e. The molecule has 0 aromatic heterocycles. The molecule has 196 valence electrons. The van der Waals surface area contributed by atoms with Crippen LogP contribution in [0.3, 0.4) is 0 Å². The van der Waals surface area contributed by atoms with Gasteiger partial charge < -0.3 is 33.5 Å². The van der Waals surface area contributed by atoms with Crippen LogP contribution >= 0.6 is 0 Å². The number of hydrogen-bond donors (Lipinski definition) is 0. The van der Waals surface area contributed by atoms with Crippen molar-refractivity contribution in [2.75, 3.05) is 69.5 Å². The molecule has 0 unspecified atom stereocenters. The Morgan fingerprint density at radius 1 is 0.629 bits per heavy atom. The van der Waals surface area contributed by atoms with Crippen LogP contribution in [-0.2, 0) is 38.1 Å². The molecular formula is C24H36N2O9. The average Bonchev–Trinajstić information content (AvgIpc) is 2.78. The van der Waals surface area contributed by atoms with Crippen LogP contribution in [0.2, 0.25) is 0 Å². The summed E-state index contributed by atoms with van der Waals surface area (Å²) in [4.78, 5) is 52.2. The number of anilines is 2. The lowest BCUT2D eigenvalue weighted by atomic mass is 10.1. The fraction of sp³-hybridized carbons (Fsp3) is 0.583. The lowest BCUT2D eigenvalue weighted by Gasteiger charge is -2.30. The lowest BCUT2D eigenvalue weighted by molar-refractivity contribution is -0.144. The number of hydrogen-bond acceptors (Lipinski definition) is 11. The van der Waals surface area contributed by atoms with Crippen LogP contribution in [0, 0.1) is 6.92 Å². The van der Waals surface area contributed by atoms with Crippen LogP contribution in [0.1, 0.15) is 33.3 Å². The lowest BCUT2D eigenvalue weighted by Crippen LogP contribution is -2.38. The first-order valence-corrected chi connectivity index (χ1v) is 11.5. The van der Waals surface area contributed by atoms with Crippen molar-refractivity contribution in [2.45, 2.75) is 34.6 Å². The maximum absolute atomic E-state index is 12.3. The monoisotopic (exact) mass is 496 g/mol. The smallest absolute Gasteiger partial charge is 0.325 e. The molecule has 0 spiro atoms. The molecule has 11 heteroatoms. The van der Waals surface area contributed by atoms with E-state index in [1.807, 2.05) is 0 Å². The number of rotatable bonds is 15. The number of ether oxygens (including phenoxy) is 5. The molecule has 1 aromatic rings. The Balaban J connectivity index is 3.58. The molecule has 11 nitrogen and oxygen atoms in total. The minimum absolute atomic E-state index is 0.176. The molecule has 0 aliphatic heterocycles. The third kappa shape index (κ3) is 9.71. The highest BCUT2D eigenvalue weighted by molar-refractivity contribution is 5.88. The van der Waals surface area contributed by atoms with Crippen molar-refractivity contribution in [3.8, 4) is 5.75 Å². The second-order valence-corrected chi connectivity index (χ2v) is 7.27. The minimum atomic E-state index is -0.545. The van der Waals surface area contributed by atoms with Gasteiger partial charge in [-0.3, -0.25) is 19.2 Å². The molecule has 0 radical (unpaired) electrons. The van der Waals surface area contributed by atoms with E-state index in [2.05, 4.69) is 0 Å². The van der Waals surface area contributed by atoms with Gasteiger partial charge in [-0.15, -0.1) is 0 Å². The summed E-state index contributed by atoms with van der Waals surface area (Å²) in [5, 5.41) is 0. The summed E-state index contributed by atoms with van der Waals surface area (Å²) in [6.45, 7) is 8.24. The van der Waals surface area contributed by atoms with E-state index in [-0.39, 0.29) is 58.4 Å². The Kier molecular flexibility index (Phi) is 13.0. The summed E-state index contributed by atoms with van der Waals surface area (Å²) in [7, 11) is 1.41. The average molecular weight is 497 g/mol. The zero-order valence-corrected chi connectivity index (χ0v) is 21.4. The van der Waals surface area contributed by atoms with Crippen molar-refractivity contribution in [1.29, 1.82) is 0 Å². The first kappa shape index (κ1) is 29.5. The zero-order chi connectivity index (χ0) is 26.4. The molecule has 0 saturated heterocycles. The molecule has 0 N–H and O–H groups in total. The predicted octanol–water partition coefficient (Wildman–Crippen LogP) is 1.87. The van der Waals surface area contributed by atoms with Crippen molar-refractivity contribution in [3.05, 3.63) is 17.7 Å². The van der Waals surface area contributed by atoms with Crippen molar-refractivity contribution in [2.24, 2.45) is 0 Å². The second-order valence-electron chi connectivity index (χ2n) is 7.27. The molecular weight excluding hydrogens is 460 g/mol. The van der Waals surface area contributed by atoms with Crippen LogP contribution in [0.15, 0.2) is 12.1 Å². The number of methoxy groups -OCH3 is 1. The van der Waals surface area contributed by atoms with E-state index in [0.29, 0.717) is 11.4 Å². The van der Waals surface area contributed by atoms with Gasteiger partial charge >= 0.3 is 23.9 Å². The third-order valence-corrected chi connectivity index (χ3v) is 4.58. The molecule has 0 amide bonds. The number of nitrogens with zero attached hydrogens (tertiary/aromatic N) is 2. The maximum Gasteiger partial charge on any atom is 0.325 e. The van der Waals surface area contributed by atoms with E-state index in [0.717, 1.165) is 5.56 Å². The van der Waals surface area contributed by atoms with E-state index >= 15 is 0 Å². The highest BCUT2D eigenvalue weighted by atomic mass is 16.5. The third-order valence-electron chi connectivity index (χ3n) is 4.58. The maximum atomic E-state index is 12.3. The number of benzene rings is 1. The second kappa shape index (κ2) is 15.4. The summed E-state index contributed by atoms with van der Waals surface area (Å²) in [5.41, 5.74) is 1.51. The van der Waals surface area contributed by atoms with Gasteiger partial charge in [0.15, 0.2) is 5.75 Å². The summed E-state index contributed by atoms with van der Waals surface area (Å²) in [5.74, 6) is -1.93. The number of aryl methyl sites for hydroxylation is 1.